The van der Waals surface area contributed by atoms with Crippen LogP contribution < -0.4 is 0 Å². The van der Waals surface area contributed by atoms with Gasteiger partial charge in [0, 0.05) is 43.5 Å². The van der Waals surface area contributed by atoms with Crippen LogP contribution in [0, 0.1) is 0 Å². The molecule has 1 aliphatic carbocycles. The number of piperazine rings is 1. The predicted molar refractivity (Wildman–Crippen MR) is 88.6 cm³/mol. The van der Waals surface area contributed by atoms with Crippen molar-refractivity contribution in [2.45, 2.75) is 32.1 Å². The molecule has 1 aliphatic heterocycles. The summed E-state index contributed by atoms with van der Waals surface area (Å²) >= 11 is 7.52. The number of carbonyl (C=O) groups is 1. The zero-order valence-corrected chi connectivity index (χ0v) is 14.0. The largest absolute Gasteiger partial charge is 0.335 e. The molecule has 0 unspecified atom stereocenters. The summed E-state index contributed by atoms with van der Waals surface area (Å²) in [6.07, 6.45) is 6.19. The molecule has 0 radical (unpaired) electrons. The first-order valence-corrected chi connectivity index (χ1v) is 9.32. The fourth-order valence-corrected chi connectivity index (χ4v) is 4.68. The van der Waals surface area contributed by atoms with E-state index in [-0.39, 0.29) is 5.91 Å². The van der Waals surface area contributed by atoms with Gasteiger partial charge in [0.1, 0.15) is 0 Å². The lowest BCUT2D eigenvalue weighted by Gasteiger charge is -2.34. The highest BCUT2D eigenvalue weighted by Crippen LogP contribution is 2.29. The van der Waals surface area contributed by atoms with Gasteiger partial charge in [-0.1, -0.05) is 6.42 Å². The standard InChI is InChI=1S/C16H23ClN2OS/c17-6-7-18-8-10-19(11-9-18)16(20)15-12-13-4-2-1-3-5-14(13)21-15/h12H,1-11H2. The van der Waals surface area contributed by atoms with Crippen molar-refractivity contribution in [1.29, 1.82) is 0 Å². The third kappa shape index (κ3) is 3.61. The molecule has 3 nitrogen and oxygen atoms in total. The lowest BCUT2D eigenvalue weighted by Crippen LogP contribution is -2.48. The van der Waals surface area contributed by atoms with E-state index in [0.717, 1.165) is 50.4 Å². The monoisotopic (exact) mass is 326 g/mol. The first kappa shape index (κ1) is 15.3. The molecule has 21 heavy (non-hydrogen) atoms. The number of rotatable bonds is 3. The average Bonchev–Trinajstić information content (AvgIpc) is 2.79. The highest BCUT2D eigenvalue weighted by atomic mass is 35.5. The maximum Gasteiger partial charge on any atom is 0.264 e. The molecule has 1 fully saturated rings. The number of halogens is 1. The van der Waals surface area contributed by atoms with Crippen LogP contribution in [-0.2, 0) is 12.8 Å². The minimum absolute atomic E-state index is 0.235. The van der Waals surface area contributed by atoms with E-state index < -0.39 is 0 Å². The lowest BCUT2D eigenvalue weighted by molar-refractivity contribution is 0.0649. The van der Waals surface area contributed by atoms with Crippen molar-refractivity contribution in [2.75, 3.05) is 38.6 Å². The molecule has 0 saturated carbocycles. The Morgan fingerprint density at radius 2 is 1.90 bits per heavy atom. The van der Waals surface area contributed by atoms with E-state index in [1.807, 2.05) is 4.90 Å². The minimum Gasteiger partial charge on any atom is -0.335 e. The first-order chi connectivity index (χ1) is 10.3. The summed E-state index contributed by atoms with van der Waals surface area (Å²) in [5, 5.41) is 0. The smallest absolute Gasteiger partial charge is 0.264 e. The Bertz CT molecular complexity index is 471. The number of fused-ring (bicyclic) bond motifs is 1. The van der Waals surface area contributed by atoms with E-state index in [1.165, 1.54) is 29.7 Å². The summed E-state index contributed by atoms with van der Waals surface area (Å²) in [5.74, 6) is 0.907. The molecule has 2 aliphatic rings. The molecular formula is C16H23ClN2OS. The molecule has 0 aromatic carbocycles. The van der Waals surface area contributed by atoms with Crippen LogP contribution in [0.1, 0.15) is 39.4 Å². The Morgan fingerprint density at radius 3 is 2.67 bits per heavy atom. The predicted octanol–water partition coefficient (Wildman–Crippen LogP) is 3.01. The molecule has 1 aromatic rings. The Labute approximate surface area is 135 Å². The Kier molecular flexibility index (Phi) is 5.19. The lowest BCUT2D eigenvalue weighted by atomic mass is 10.1. The summed E-state index contributed by atoms with van der Waals surface area (Å²) in [4.78, 5) is 19.4. The van der Waals surface area contributed by atoms with E-state index in [9.17, 15) is 4.79 Å². The van der Waals surface area contributed by atoms with Crippen molar-refractivity contribution in [3.8, 4) is 0 Å². The Hall–Kier alpha value is -0.580. The SMILES string of the molecule is O=C(c1cc2c(s1)CCCCC2)N1CCN(CCCl)CC1. The molecule has 1 aromatic heterocycles. The van der Waals surface area contributed by atoms with Gasteiger partial charge in [-0.25, -0.2) is 0 Å². The van der Waals surface area contributed by atoms with E-state index in [1.54, 1.807) is 11.3 Å². The van der Waals surface area contributed by atoms with Crippen molar-refractivity contribution in [2.24, 2.45) is 0 Å². The molecule has 1 amide bonds. The van der Waals surface area contributed by atoms with E-state index in [4.69, 9.17) is 11.6 Å². The highest BCUT2D eigenvalue weighted by molar-refractivity contribution is 7.14. The van der Waals surface area contributed by atoms with Crippen LogP contribution in [0.25, 0.3) is 0 Å². The molecule has 2 heterocycles. The van der Waals surface area contributed by atoms with Crippen molar-refractivity contribution in [1.82, 2.24) is 9.80 Å². The normalized spacial score (nSPS) is 20.1. The van der Waals surface area contributed by atoms with Gasteiger partial charge in [-0.15, -0.1) is 22.9 Å². The van der Waals surface area contributed by atoms with Gasteiger partial charge in [-0.05, 0) is 37.3 Å². The van der Waals surface area contributed by atoms with Gasteiger partial charge in [0.2, 0.25) is 0 Å². The molecule has 0 N–H and O–H groups in total. The quantitative estimate of drug-likeness (QED) is 0.629. The second-order valence-corrected chi connectivity index (χ2v) is 7.46. The van der Waals surface area contributed by atoms with Gasteiger partial charge < -0.3 is 4.90 Å². The van der Waals surface area contributed by atoms with Crippen LogP contribution in [0.3, 0.4) is 0 Å². The molecule has 3 rings (SSSR count). The van der Waals surface area contributed by atoms with Crippen LogP contribution in [0.2, 0.25) is 0 Å². The summed E-state index contributed by atoms with van der Waals surface area (Å²) in [6.45, 7) is 4.49. The van der Waals surface area contributed by atoms with Gasteiger partial charge in [-0.3, -0.25) is 9.69 Å². The van der Waals surface area contributed by atoms with Crippen LogP contribution in [0.15, 0.2) is 6.07 Å². The molecule has 116 valence electrons. The van der Waals surface area contributed by atoms with Gasteiger partial charge in [0.15, 0.2) is 0 Å². The second-order valence-electron chi connectivity index (χ2n) is 5.94. The van der Waals surface area contributed by atoms with E-state index in [2.05, 4.69) is 11.0 Å². The van der Waals surface area contributed by atoms with Gasteiger partial charge >= 0.3 is 0 Å². The summed E-state index contributed by atoms with van der Waals surface area (Å²) in [6, 6.07) is 2.17. The van der Waals surface area contributed by atoms with Gasteiger partial charge in [-0.2, -0.15) is 0 Å². The average molecular weight is 327 g/mol. The molecule has 0 spiro atoms. The summed E-state index contributed by atoms with van der Waals surface area (Å²) in [7, 11) is 0. The number of hydrogen-bond acceptors (Lipinski definition) is 3. The Balaban J connectivity index is 1.63. The Morgan fingerprint density at radius 1 is 1.14 bits per heavy atom. The van der Waals surface area contributed by atoms with Gasteiger partial charge in [0.05, 0.1) is 4.88 Å². The molecule has 1 saturated heterocycles. The van der Waals surface area contributed by atoms with Gasteiger partial charge in [0.25, 0.3) is 5.91 Å². The topological polar surface area (TPSA) is 23.6 Å². The van der Waals surface area contributed by atoms with Crippen molar-refractivity contribution in [3.63, 3.8) is 0 Å². The van der Waals surface area contributed by atoms with Crippen LogP contribution >= 0.6 is 22.9 Å². The number of thiophene rings is 1. The van der Waals surface area contributed by atoms with Crippen molar-refractivity contribution in [3.05, 3.63) is 21.4 Å². The van der Waals surface area contributed by atoms with Crippen LogP contribution in [-0.4, -0.2) is 54.3 Å². The van der Waals surface area contributed by atoms with E-state index in [0.29, 0.717) is 5.88 Å². The van der Waals surface area contributed by atoms with Crippen LogP contribution in [0.4, 0.5) is 0 Å². The molecule has 0 atom stereocenters. The molecule has 0 bridgehead atoms. The van der Waals surface area contributed by atoms with Crippen molar-refractivity contribution < 1.29 is 4.79 Å². The highest BCUT2D eigenvalue weighted by Gasteiger charge is 2.24. The fourth-order valence-electron chi connectivity index (χ4n) is 3.22. The number of alkyl halides is 1. The van der Waals surface area contributed by atoms with Crippen LogP contribution in [0.5, 0.6) is 0 Å². The minimum atomic E-state index is 0.235. The maximum atomic E-state index is 12.7. The third-order valence-corrected chi connectivity index (χ3v) is 5.91. The number of amides is 1. The maximum absolute atomic E-state index is 12.7. The molecule has 5 heteroatoms. The second kappa shape index (κ2) is 7.12. The third-order valence-electron chi connectivity index (χ3n) is 4.52. The summed E-state index contributed by atoms with van der Waals surface area (Å²) in [5.41, 5.74) is 1.43. The zero-order chi connectivity index (χ0) is 14.7. The van der Waals surface area contributed by atoms with Crippen molar-refractivity contribution >= 4 is 28.8 Å². The summed E-state index contributed by atoms with van der Waals surface area (Å²) < 4.78 is 0. The van der Waals surface area contributed by atoms with E-state index >= 15 is 0 Å². The zero-order valence-electron chi connectivity index (χ0n) is 12.4. The number of hydrogen-bond donors (Lipinski definition) is 0. The number of nitrogens with zero attached hydrogens (tertiary/aromatic N) is 2. The molecular weight excluding hydrogens is 304 g/mol. The number of aryl methyl sites for hydroxylation is 2. The fraction of sp³-hybridized carbons (Fsp3) is 0.688. The first-order valence-electron chi connectivity index (χ1n) is 7.97. The number of carbonyl (C=O) groups excluding carboxylic acids is 1.